The lowest BCUT2D eigenvalue weighted by Crippen LogP contribution is -2.26. The molecule has 1 aromatic rings. The minimum atomic E-state index is -0.259. The Morgan fingerprint density at radius 2 is 2.12 bits per heavy atom. The lowest BCUT2D eigenvalue weighted by Gasteiger charge is -2.15. The number of likely N-dealkylation sites (N-methyl/N-ethyl adjacent to an activating group) is 1. The van der Waals surface area contributed by atoms with Gasteiger partial charge in [-0.1, -0.05) is 11.6 Å². The molecular formula is C12H15ClFNO. The molecule has 0 radical (unpaired) electrons. The molecule has 0 aliphatic heterocycles. The molecule has 0 saturated heterocycles. The van der Waals surface area contributed by atoms with Crippen molar-refractivity contribution in [3.05, 3.63) is 34.1 Å². The van der Waals surface area contributed by atoms with Crippen LogP contribution in [0.1, 0.15) is 18.1 Å². The highest BCUT2D eigenvalue weighted by molar-refractivity contribution is 6.31. The van der Waals surface area contributed by atoms with E-state index in [4.69, 9.17) is 11.6 Å². The normalized spacial score (nSPS) is 10.3. The highest BCUT2D eigenvalue weighted by atomic mass is 35.5. The van der Waals surface area contributed by atoms with Gasteiger partial charge in [0.25, 0.3) is 0 Å². The molecule has 0 N–H and O–H groups in total. The minimum Gasteiger partial charge on any atom is -0.346 e. The van der Waals surface area contributed by atoms with Gasteiger partial charge in [0.2, 0.25) is 5.91 Å². The van der Waals surface area contributed by atoms with Crippen LogP contribution in [0.2, 0.25) is 5.02 Å². The maximum atomic E-state index is 13.3. The van der Waals surface area contributed by atoms with Crippen molar-refractivity contribution >= 4 is 17.5 Å². The zero-order valence-corrected chi connectivity index (χ0v) is 10.4. The van der Waals surface area contributed by atoms with Crippen molar-refractivity contribution in [3.63, 3.8) is 0 Å². The summed E-state index contributed by atoms with van der Waals surface area (Å²) in [6, 6.07) is 3.05. The van der Waals surface area contributed by atoms with Crippen molar-refractivity contribution in [2.75, 3.05) is 13.6 Å². The number of nitrogens with zero attached hydrogens (tertiary/aromatic N) is 1. The summed E-state index contributed by atoms with van der Waals surface area (Å²) in [7, 11) is 1.71. The first-order valence-corrected chi connectivity index (χ1v) is 5.46. The lowest BCUT2D eigenvalue weighted by molar-refractivity contribution is -0.127. The third kappa shape index (κ3) is 3.20. The summed E-state index contributed by atoms with van der Waals surface area (Å²) in [6.45, 7) is 3.71. The number of hydrogen-bond acceptors (Lipinski definition) is 1. The van der Waals surface area contributed by atoms with Crippen LogP contribution in [0.5, 0.6) is 0 Å². The van der Waals surface area contributed by atoms with Crippen LogP contribution in [0.15, 0.2) is 12.1 Å². The molecule has 0 saturated carbocycles. The van der Waals surface area contributed by atoms with E-state index in [1.54, 1.807) is 24.9 Å². The van der Waals surface area contributed by atoms with Crippen LogP contribution < -0.4 is 0 Å². The fourth-order valence-corrected chi connectivity index (χ4v) is 1.64. The quantitative estimate of drug-likeness (QED) is 0.800. The van der Waals surface area contributed by atoms with E-state index in [0.717, 1.165) is 5.56 Å². The molecule has 0 aliphatic carbocycles. The molecule has 1 amide bonds. The summed E-state index contributed by atoms with van der Waals surface area (Å²) < 4.78 is 13.3. The van der Waals surface area contributed by atoms with Crippen molar-refractivity contribution in [1.29, 1.82) is 0 Å². The van der Waals surface area contributed by atoms with Crippen LogP contribution in [-0.2, 0) is 11.2 Å². The number of hydrogen-bond donors (Lipinski definition) is 0. The number of rotatable bonds is 3. The molecule has 0 spiro atoms. The van der Waals surface area contributed by atoms with Gasteiger partial charge in [-0.2, -0.15) is 0 Å². The van der Waals surface area contributed by atoms with Gasteiger partial charge in [-0.15, -0.1) is 0 Å². The lowest BCUT2D eigenvalue weighted by atomic mass is 10.1. The molecule has 0 unspecified atom stereocenters. The van der Waals surface area contributed by atoms with Gasteiger partial charge in [-0.05, 0) is 36.6 Å². The Morgan fingerprint density at radius 1 is 1.50 bits per heavy atom. The molecular weight excluding hydrogens is 229 g/mol. The second-order valence-electron chi connectivity index (χ2n) is 3.88. The Hall–Kier alpha value is -1.09. The Bertz CT molecular complexity index is 406. The average molecular weight is 244 g/mol. The van der Waals surface area contributed by atoms with Gasteiger partial charge in [-0.3, -0.25) is 4.79 Å². The van der Waals surface area contributed by atoms with Crippen molar-refractivity contribution in [1.82, 2.24) is 4.90 Å². The van der Waals surface area contributed by atoms with Crippen LogP contribution in [0.3, 0.4) is 0 Å². The maximum absolute atomic E-state index is 13.3. The first kappa shape index (κ1) is 13.0. The second-order valence-corrected chi connectivity index (χ2v) is 4.29. The number of carbonyl (C=O) groups is 1. The topological polar surface area (TPSA) is 20.3 Å². The molecule has 1 aromatic carbocycles. The predicted octanol–water partition coefficient (Wildman–Crippen LogP) is 2.81. The van der Waals surface area contributed by atoms with Crippen LogP contribution in [0.4, 0.5) is 4.39 Å². The number of amides is 1. The zero-order valence-electron chi connectivity index (χ0n) is 9.68. The van der Waals surface area contributed by atoms with Crippen molar-refractivity contribution in [2.45, 2.75) is 20.3 Å². The molecule has 0 fully saturated rings. The number of carbonyl (C=O) groups excluding carboxylic acids is 1. The van der Waals surface area contributed by atoms with E-state index < -0.39 is 0 Å². The van der Waals surface area contributed by atoms with Gasteiger partial charge < -0.3 is 4.90 Å². The summed E-state index contributed by atoms with van der Waals surface area (Å²) in [4.78, 5) is 12.6. The first-order chi connectivity index (χ1) is 7.41. The van der Waals surface area contributed by atoms with Crippen molar-refractivity contribution in [2.24, 2.45) is 0 Å². The third-order valence-corrected chi connectivity index (χ3v) is 2.93. The molecule has 2 nitrogen and oxygen atoms in total. The van der Waals surface area contributed by atoms with Crippen LogP contribution >= 0.6 is 11.6 Å². The average Bonchev–Trinajstić information content (AvgIpc) is 2.20. The highest BCUT2D eigenvalue weighted by Gasteiger charge is 2.08. The largest absolute Gasteiger partial charge is 0.346 e. The summed E-state index contributed by atoms with van der Waals surface area (Å²) in [5.74, 6) is -0.270. The summed E-state index contributed by atoms with van der Waals surface area (Å²) in [5, 5.41) is 0.552. The van der Waals surface area contributed by atoms with Crippen LogP contribution in [0, 0.1) is 12.7 Å². The monoisotopic (exact) mass is 243 g/mol. The maximum Gasteiger partial charge on any atom is 0.219 e. The fourth-order valence-electron chi connectivity index (χ4n) is 1.32. The Morgan fingerprint density at radius 3 is 2.69 bits per heavy atom. The molecule has 16 heavy (non-hydrogen) atoms. The number of benzene rings is 1. The molecule has 4 heteroatoms. The Balaban J connectivity index is 2.74. The van der Waals surface area contributed by atoms with Gasteiger partial charge in [0.15, 0.2) is 0 Å². The number of halogens is 2. The predicted molar refractivity (Wildman–Crippen MR) is 63.2 cm³/mol. The minimum absolute atomic E-state index is 0.0105. The van der Waals surface area contributed by atoms with Gasteiger partial charge in [0, 0.05) is 25.5 Å². The van der Waals surface area contributed by atoms with Crippen LogP contribution in [0.25, 0.3) is 0 Å². The summed E-state index contributed by atoms with van der Waals surface area (Å²) in [6.07, 6.45) is 0.562. The Labute approximate surface area is 100 Å². The molecule has 0 heterocycles. The van der Waals surface area contributed by atoms with E-state index in [1.807, 2.05) is 0 Å². The van der Waals surface area contributed by atoms with E-state index >= 15 is 0 Å². The molecule has 0 aromatic heterocycles. The Kier molecular flexibility index (Phi) is 4.30. The van der Waals surface area contributed by atoms with Gasteiger partial charge >= 0.3 is 0 Å². The molecule has 1 rings (SSSR count). The van der Waals surface area contributed by atoms with Crippen molar-refractivity contribution in [3.8, 4) is 0 Å². The summed E-state index contributed by atoms with van der Waals surface area (Å²) in [5.41, 5.74) is 1.27. The third-order valence-electron chi connectivity index (χ3n) is 2.58. The van der Waals surface area contributed by atoms with Gasteiger partial charge in [0.05, 0.1) is 0 Å². The van der Waals surface area contributed by atoms with E-state index in [9.17, 15) is 9.18 Å². The standard InChI is InChI=1S/C12H15ClFNO/c1-8-6-11(13)10(7-12(8)14)4-5-15(3)9(2)16/h6-7H,4-5H2,1-3H3. The fraction of sp³-hybridized carbons (Fsp3) is 0.417. The SMILES string of the molecule is CC(=O)N(C)CCc1cc(F)c(C)cc1Cl. The van der Waals surface area contributed by atoms with Crippen LogP contribution in [-0.4, -0.2) is 24.4 Å². The molecule has 0 atom stereocenters. The summed E-state index contributed by atoms with van der Waals surface area (Å²) >= 11 is 5.99. The van der Waals surface area contributed by atoms with Gasteiger partial charge in [0.1, 0.15) is 5.82 Å². The zero-order chi connectivity index (χ0) is 12.3. The first-order valence-electron chi connectivity index (χ1n) is 5.08. The van der Waals surface area contributed by atoms with Gasteiger partial charge in [-0.25, -0.2) is 4.39 Å². The smallest absolute Gasteiger partial charge is 0.219 e. The molecule has 0 bridgehead atoms. The highest BCUT2D eigenvalue weighted by Crippen LogP contribution is 2.21. The molecule has 0 aliphatic rings. The van der Waals surface area contributed by atoms with E-state index in [2.05, 4.69) is 0 Å². The second kappa shape index (κ2) is 5.30. The molecule has 88 valence electrons. The van der Waals surface area contributed by atoms with E-state index in [0.29, 0.717) is 23.6 Å². The van der Waals surface area contributed by atoms with Crippen molar-refractivity contribution < 1.29 is 9.18 Å². The number of aryl methyl sites for hydroxylation is 1. The van der Waals surface area contributed by atoms with E-state index in [-0.39, 0.29) is 11.7 Å². The van der Waals surface area contributed by atoms with E-state index in [1.165, 1.54) is 13.0 Å².